The fourth-order valence-electron chi connectivity index (χ4n) is 11.1. The number of carbonyl (C=O) groups excluding carboxylic acids is 7. The molecule has 117 heavy (non-hydrogen) atoms. The molecule has 3 aliphatic rings. The number of esters is 7. The standard InChI is InChI=1S/C26H24O11.C20H18O8.C15H10O4.C13H18O9.C4H10O.CH4.BF3.Na/c1-13(27)32-12-23-24(33-14(2)28)25(34-15(3)29)26(37-23)36-21-9-8-16(10-19(21)31)22-11-18(30)17-6-4-5-7-20(17)35-22;21-9-17-18(24)19(25)20(28-17)27-15-6-5-10(7-13(15)23)16-8-12(22)11-3-1-2-4-14(11)26-16;16-11-6-5-9(7-13(11)18)15-8-12(17)10-3-1-2-4-14(10)19-15;1-6(14)18-5-10-11(19-7(2)15)12(20-8(3)16)13(22-10)21-9(4)17;1-3-5-4-2;;2-1(3)4;/h4-11,23-26,31H,12H2,1-3H3;1-8,17-21,23-25H,9H2;1-8,16,18H;10-13H,5H2,1-4H3;3-4H2,1-2H3;1H4;;/q;;;;;;;+1/p-1. The number of aliphatic hydroxyl groups is 3. The van der Waals surface area contributed by atoms with Crippen LogP contribution in [0.25, 0.3) is 66.9 Å². The first-order valence-electron chi connectivity index (χ1n) is 34.8. The monoisotopic (exact) mass is 1650 g/mol. The van der Waals surface area contributed by atoms with E-state index in [2.05, 4.69) is 0 Å². The zero-order valence-electron chi connectivity index (χ0n) is 63.7. The molecule has 6 aromatic carbocycles. The quantitative estimate of drug-likeness (QED) is 0.0263. The second-order valence-electron chi connectivity index (χ2n) is 24.5. The van der Waals surface area contributed by atoms with E-state index in [1.807, 2.05) is 13.8 Å². The molecule has 33 nitrogen and oxygen atoms in total. The Hall–Kier alpha value is -11.4. The first-order valence-corrected chi connectivity index (χ1v) is 34.8. The molecule has 9 aromatic rings. The van der Waals surface area contributed by atoms with E-state index in [9.17, 15) is 91.5 Å². The Morgan fingerprint density at radius 3 is 1.14 bits per heavy atom. The molecule has 0 saturated carbocycles. The van der Waals surface area contributed by atoms with E-state index in [1.54, 1.807) is 84.9 Å². The summed E-state index contributed by atoms with van der Waals surface area (Å²) in [5.74, 6) is -5.19. The summed E-state index contributed by atoms with van der Waals surface area (Å²) in [4.78, 5) is 116. The van der Waals surface area contributed by atoms with Gasteiger partial charge in [0, 0.05) is 96.6 Å². The topological polar surface area (TPSA) is 475 Å². The van der Waals surface area contributed by atoms with E-state index in [0.29, 0.717) is 55.4 Å². The van der Waals surface area contributed by atoms with Gasteiger partial charge in [0.25, 0.3) is 0 Å². The number of para-hydroxylation sites is 3. The van der Waals surface area contributed by atoms with Crippen LogP contribution < -0.4 is 60.4 Å². The van der Waals surface area contributed by atoms with E-state index in [0.717, 1.165) is 47.8 Å². The minimum absolute atomic E-state index is 0. The number of ether oxygens (including phenoxy) is 13. The molecular formula is C79H83BF3NaO33. The van der Waals surface area contributed by atoms with Crippen LogP contribution in [0.15, 0.2) is 173 Å². The molecule has 0 aliphatic carbocycles. The van der Waals surface area contributed by atoms with E-state index in [4.69, 9.17) is 79.9 Å². The number of benzene rings is 6. The van der Waals surface area contributed by atoms with Crippen LogP contribution >= 0.6 is 0 Å². The number of hydrogen-bond acceptors (Lipinski definition) is 33. The second-order valence-corrected chi connectivity index (χ2v) is 24.5. The zero-order chi connectivity index (χ0) is 84.5. The summed E-state index contributed by atoms with van der Waals surface area (Å²) in [6.45, 7) is 12.8. The Bertz CT molecular complexity index is 5050. The van der Waals surface area contributed by atoms with Gasteiger partial charge in [-0.05, 0) is 98.8 Å². The number of halogens is 3. The molecule has 0 spiro atoms. The number of rotatable bonds is 19. The Kier molecular flexibility index (Phi) is 37.6. The van der Waals surface area contributed by atoms with Crippen LogP contribution in [0.1, 0.15) is 69.7 Å². The third-order valence-electron chi connectivity index (χ3n) is 16.0. The molecule has 0 amide bonds. The molecular weight excluding hydrogens is 1570 g/mol. The maximum Gasteiger partial charge on any atom is 1.00 e. The van der Waals surface area contributed by atoms with Gasteiger partial charge >= 0.3 is 78.9 Å². The third-order valence-corrected chi connectivity index (χ3v) is 16.0. The number of carbonyl (C=O) groups is 7. The fraction of sp³-hybridized carbons (Fsp3) is 0.342. The average Bonchev–Trinajstić information content (AvgIpc) is 1.72. The van der Waals surface area contributed by atoms with Crippen molar-refractivity contribution in [1.29, 1.82) is 0 Å². The SMILES string of the molecule is C.CC(=O)OCC1OC(OC(C)=O)C(OC(C)=O)C1OC(C)=O.CC(=O)OCC1OC(Oc2ccc(-c3cc(=O)c4ccccc4o3)cc2O)C(OC(C)=O)C1OC(C)=O.CCOCC.FB(F)F.O=c1cc(-c2ccc(O)c(O)c2)oc2ccccc12.O=c1cc(-c2ccc(OC3OC(CO)C(O)C3O)c([O-])c2)oc2ccccc12.[Na+]. The minimum Gasteiger partial charge on any atom is -0.870 e. The second kappa shape index (κ2) is 45.8. The molecule has 3 aliphatic heterocycles. The molecule has 12 atom stereocenters. The van der Waals surface area contributed by atoms with Gasteiger partial charge in [-0.1, -0.05) is 55.6 Å². The van der Waals surface area contributed by atoms with Gasteiger partial charge in [-0.2, -0.15) is 0 Å². The van der Waals surface area contributed by atoms with Crippen molar-refractivity contribution in [3.8, 4) is 68.5 Å². The van der Waals surface area contributed by atoms with Crippen LogP contribution in [0.4, 0.5) is 12.9 Å². The number of aliphatic hydroxyl groups excluding tert-OH is 3. The van der Waals surface area contributed by atoms with Gasteiger partial charge in [-0.25, -0.2) is 0 Å². The Morgan fingerprint density at radius 1 is 0.427 bits per heavy atom. The van der Waals surface area contributed by atoms with Crippen LogP contribution in [0.2, 0.25) is 0 Å². The van der Waals surface area contributed by atoms with Crippen molar-refractivity contribution in [3.63, 3.8) is 0 Å². The number of phenolic OH excluding ortho intramolecular Hbond substituents is 3. The summed E-state index contributed by atoms with van der Waals surface area (Å²) in [5.41, 5.74) is 1.99. The number of phenols is 3. The molecule has 0 bridgehead atoms. The van der Waals surface area contributed by atoms with Gasteiger partial charge in [0.1, 0.15) is 83.5 Å². The smallest absolute Gasteiger partial charge is 0.870 e. The van der Waals surface area contributed by atoms with Crippen LogP contribution in [0.5, 0.6) is 34.5 Å². The van der Waals surface area contributed by atoms with Crippen molar-refractivity contribution in [2.24, 2.45) is 0 Å². The average molecular weight is 1650 g/mol. The molecule has 12 rings (SSSR count). The van der Waals surface area contributed by atoms with E-state index in [1.165, 1.54) is 74.5 Å². The van der Waals surface area contributed by atoms with Gasteiger partial charge in [-0.3, -0.25) is 60.9 Å². The maximum atomic E-state index is 12.4. The van der Waals surface area contributed by atoms with E-state index in [-0.39, 0.29) is 107 Å². The zero-order valence-corrected chi connectivity index (χ0v) is 65.7. The predicted molar refractivity (Wildman–Crippen MR) is 400 cm³/mol. The molecule has 12 unspecified atom stereocenters. The van der Waals surface area contributed by atoms with Crippen molar-refractivity contribution in [3.05, 3.63) is 176 Å². The van der Waals surface area contributed by atoms with Gasteiger partial charge in [-0.15, -0.1) is 0 Å². The first kappa shape index (κ1) is 96.2. The molecule has 6 heterocycles. The third kappa shape index (κ3) is 27.9. The van der Waals surface area contributed by atoms with Crippen molar-refractivity contribution >= 4 is 82.2 Å². The van der Waals surface area contributed by atoms with Gasteiger partial charge < -0.3 is 111 Å². The summed E-state index contributed by atoms with van der Waals surface area (Å²) in [6.07, 6.45) is -14.1. The van der Waals surface area contributed by atoms with E-state index >= 15 is 0 Å². The minimum atomic E-state index is -3.67. The maximum absolute atomic E-state index is 12.4. The van der Waals surface area contributed by atoms with Crippen LogP contribution in [0.3, 0.4) is 0 Å². The van der Waals surface area contributed by atoms with Crippen molar-refractivity contribution < 1.29 is 187 Å². The molecule has 3 aromatic heterocycles. The normalized spacial score (nSPS) is 19.9. The predicted octanol–water partition coefficient (Wildman–Crippen LogP) is 5.18. The summed E-state index contributed by atoms with van der Waals surface area (Å²) in [7, 11) is -3.67. The molecule has 38 heteroatoms. The largest absolute Gasteiger partial charge is 1.00 e. The van der Waals surface area contributed by atoms with Gasteiger partial charge in [0.2, 0.25) is 31.1 Å². The molecule has 0 radical (unpaired) electrons. The molecule has 622 valence electrons. The van der Waals surface area contributed by atoms with Crippen LogP contribution in [0, 0.1) is 0 Å². The van der Waals surface area contributed by atoms with Crippen LogP contribution in [-0.2, 0) is 85.7 Å². The van der Waals surface area contributed by atoms with Gasteiger partial charge in [0.15, 0.2) is 51.5 Å². The van der Waals surface area contributed by atoms with Crippen molar-refractivity contribution in [2.45, 2.75) is 144 Å². The fourth-order valence-corrected chi connectivity index (χ4v) is 11.1. The van der Waals surface area contributed by atoms with Crippen molar-refractivity contribution in [1.82, 2.24) is 0 Å². The number of hydrogen-bond donors (Lipinski definition) is 6. The number of fused-ring (bicyclic) bond motifs is 3. The molecule has 3 fully saturated rings. The first-order chi connectivity index (χ1) is 54.6. The van der Waals surface area contributed by atoms with Crippen molar-refractivity contribution in [2.75, 3.05) is 33.0 Å². The van der Waals surface area contributed by atoms with Gasteiger partial charge in [0.05, 0.1) is 22.8 Å². The molecule has 6 N–H and O–H groups in total. The summed E-state index contributed by atoms with van der Waals surface area (Å²) in [5, 5.41) is 71.9. The Morgan fingerprint density at radius 2 is 0.778 bits per heavy atom. The van der Waals surface area contributed by atoms with E-state index < -0.39 is 135 Å². The summed E-state index contributed by atoms with van der Waals surface area (Å²) < 4.78 is 114. The molecule has 3 saturated heterocycles. The Labute approximate surface area is 686 Å². The van der Waals surface area contributed by atoms with Crippen LogP contribution in [-0.4, -0.2) is 187 Å². The number of aromatic hydroxyl groups is 3. The summed E-state index contributed by atoms with van der Waals surface area (Å²) in [6, 6.07) is 37.2. The summed E-state index contributed by atoms with van der Waals surface area (Å²) >= 11 is 0. The Balaban J connectivity index is 0.000000274.